The molecule has 1 aliphatic heterocycles. The fourth-order valence-corrected chi connectivity index (χ4v) is 2.77. The molecule has 1 fully saturated rings. The summed E-state index contributed by atoms with van der Waals surface area (Å²) in [7, 11) is 0. The van der Waals surface area contributed by atoms with Crippen LogP contribution in [0, 0.1) is 5.92 Å². The van der Waals surface area contributed by atoms with Crippen LogP contribution in [0.4, 0.5) is 5.69 Å². The number of hydrogen-bond acceptors (Lipinski definition) is 4. The summed E-state index contributed by atoms with van der Waals surface area (Å²) in [6.07, 6.45) is 1.48. The van der Waals surface area contributed by atoms with Crippen LogP contribution in [-0.2, 0) is 9.59 Å². The highest BCUT2D eigenvalue weighted by Gasteiger charge is 2.30. The van der Waals surface area contributed by atoms with Crippen molar-refractivity contribution >= 4 is 30.0 Å². The monoisotopic (exact) mass is 356 g/mol. The van der Waals surface area contributed by atoms with E-state index in [2.05, 4.69) is 5.32 Å². The minimum Gasteiger partial charge on any atom is -0.494 e. The molecule has 0 saturated carbocycles. The maximum absolute atomic E-state index is 12.4. The SMILES string of the molecule is CCOc1ccc(NC(=O)C(C)N2CCCC(C(=O)O)C2)cc1.Cl. The van der Waals surface area contributed by atoms with Gasteiger partial charge in [-0.25, -0.2) is 0 Å². The summed E-state index contributed by atoms with van der Waals surface area (Å²) in [5.41, 5.74) is 0.706. The molecular weight excluding hydrogens is 332 g/mol. The number of carboxylic acid groups (broad SMARTS) is 1. The van der Waals surface area contributed by atoms with Crippen LogP contribution in [0.1, 0.15) is 26.7 Å². The van der Waals surface area contributed by atoms with E-state index >= 15 is 0 Å². The van der Waals surface area contributed by atoms with Gasteiger partial charge in [-0.15, -0.1) is 12.4 Å². The minimum atomic E-state index is -0.783. The van der Waals surface area contributed by atoms with Gasteiger partial charge in [-0.3, -0.25) is 14.5 Å². The van der Waals surface area contributed by atoms with E-state index in [0.717, 1.165) is 18.7 Å². The van der Waals surface area contributed by atoms with E-state index in [0.29, 0.717) is 25.3 Å². The Morgan fingerprint density at radius 2 is 2.04 bits per heavy atom. The Labute approximate surface area is 148 Å². The smallest absolute Gasteiger partial charge is 0.307 e. The zero-order valence-electron chi connectivity index (χ0n) is 14.0. The molecule has 0 bridgehead atoms. The van der Waals surface area contributed by atoms with Crippen LogP contribution in [0.5, 0.6) is 5.75 Å². The number of nitrogens with zero attached hydrogens (tertiary/aromatic N) is 1. The van der Waals surface area contributed by atoms with Gasteiger partial charge in [0.2, 0.25) is 5.91 Å². The number of piperidine rings is 1. The van der Waals surface area contributed by atoms with E-state index < -0.39 is 5.97 Å². The lowest BCUT2D eigenvalue weighted by Crippen LogP contribution is -2.48. The summed E-state index contributed by atoms with van der Waals surface area (Å²) in [6.45, 7) is 5.51. The Kier molecular flexibility index (Phi) is 8.01. The third kappa shape index (κ3) is 5.39. The summed E-state index contributed by atoms with van der Waals surface area (Å²) >= 11 is 0. The molecule has 2 N–H and O–H groups in total. The van der Waals surface area contributed by atoms with Gasteiger partial charge in [0.1, 0.15) is 5.75 Å². The molecule has 0 radical (unpaired) electrons. The highest BCUT2D eigenvalue weighted by molar-refractivity contribution is 5.94. The Hall–Kier alpha value is -1.79. The van der Waals surface area contributed by atoms with E-state index in [4.69, 9.17) is 9.84 Å². The number of anilines is 1. The Balaban J connectivity index is 0.00000288. The Bertz CT molecular complexity index is 550. The van der Waals surface area contributed by atoms with Crippen molar-refractivity contribution in [2.24, 2.45) is 5.92 Å². The molecule has 0 aromatic heterocycles. The van der Waals surface area contributed by atoms with Crippen LogP contribution in [0.15, 0.2) is 24.3 Å². The molecular formula is C17H25ClN2O4. The number of hydrogen-bond donors (Lipinski definition) is 2. The highest BCUT2D eigenvalue weighted by Crippen LogP contribution is 2.20. The number of amides is 1. The standard InChI is InChI=1S/C17H24N2O4.ClH/c1-3-23-15-8-6-14(7-9-15)18-16(20)12(2)19-10-4-5-13(11-19)17(21)22;/h6-9,12-13H,3-5,10-11H2,1-2H3,(H,18,20)(H,21,22);1H. The van der Waals surface area contributed by atoms with Gasteiger partial charge in [0, 0.05) is 12.2 Å². The number of ether oxygens (including phenoxy) is 1. The van der Waals surface area contributed by atoms with Gasteiger partial charge in [-0.1, -0.05) is 0 Å². The second kappa shape index (κ2) is 9.49. The summed E-state index contributed by atoms with van der Waals surface area (Å²) in [5, 5.41) is 12.0. The molecule has 2 rings (SSSR count). The molecule has 134 valence electrons. The molecule has 0 aliphatic carbocycles. The lowest BCUT2D eigenvalue weighted by molar-refractivity contribution is -0.144. The number of aliphatic carboxylic acids is 1. The van der Waals surface area contributed by atoms with E-state index in [1.165, 1.54) is 0 Å². The Morgan fingerprint density at radius 3 is 2.62 bits per heavy atom. The largest absolute Gasteiger partial charge is 0.494 e. The molecule has 6 nitrogen and oxygen atoms in total. The van der Waals surface area contributed by atoms with E-state index in [1.807, 2.05) is 30.9 Å². The predicted molar refractivity (Wildman–Crippen MR) is 94.9 cm³/mol. The summed E-state index contributed by atoms with van der Waals surface area (Å²) in [5.74, 6) is -0.530. The quantitative estimate of drug-likeness (QED) is 0.819. The number of benzene rings is 1. The van der Waals surface area contributed by atoms with Gasteiger partial charge in [0.05, 0.1) is 18.6 Å². The molecule has 1 aromatic rings. The lowest BCUT2D eigenvalue weighted by Gasteiger charge is -2.34. The van der Waals surface area contributed by atoms with Gasteiger partial charge >= 0.3 is 5.97 Å². The van der Waals surface area contributed by atoms with E-state index in [1.54, 1.807) is 12.1 Å². The van der Waals surface area contributed by atoms with Crippen molar-refractivity contribution in [2.75, 3.05) is 25.0 Å². The summed E-state index contributed by atoms with van der Waals surface area (Å²) < 4.78 is 5.37. The molecule has 1 heterocycles. The predicted octanol–water partition coefficient (Wildman–Crippen LogP) is 2.63. The normalized spacial score (nSPS) is 19.0. The number of carbonyl (C=O) groups is 2. The van der Waals surface area contributed by atoms with Crippen LogP contribution in [0.3, 0.4) is 0 Å². The van der Waals surface area contributed by atoms with E-state index in [9.17, 15) is 9.59 Å². The second-order valence-electron chi connectivity index (χ2n) is 5.79. The number of rotatable bonds is 6. The first-order valence-corrected chi connectivity index (χ1v) is 8.01. The van der Waals surface area contributed by atoms with Crippen molar-refractivity contribution in [3.05, 3.63) is 24.3 Å². The Morgan fingerprint density at radius 1 is 1.38 bits per heavy atom. The molecule has 1 amide bonds. The van der Waals surface area contributed by atoms with Crippen molar-refractivity contribution in [1.29, 1.82) is 0 Å². The average molecular weight is 357 g/mol. The van der Waals surface area contributed by atoms with Crippen molar-refractivity contribution in [2.45, 2.75) is 32.7 Å². The third-order valence-electron chi connectivity index (χ3n) is 4.16. The molecule has 24 heavy (non-hydrogen) atoms. The molecule has 1 aromatic carbocycles. The molecule has 1 aliphatic rings. The van der Waals surface area contributed by atoms with Crippen molar-refractivity contribution < 1.29 is 19.4 Å². The number of halogens is 1. The fraction of sp³-hybridized carbons (Fsp3) is 0.529. The minimum absolute atomic E-state index is 0. The second-order valence-corrected chi connectivity index (χ2v) is 5.79. The highest BCUT2D eigenvalue weighted by atomic mass is 35.5. The molecule has 2 atom stereocenters. The zero-order valence-corrected chi connectivity index (χ0v) is 14.8. The first kappa shape index (κ1) is 20.3. The number of nitrogens with one attached hydrogen (secondary N) is 1. The van der Waals surface area contributed by atoms with Crippen molar-refractivity contribution in [3.63, 3.8) is 0 Å². The molecule has 1 saturated heterocycles. The number of carbonyl (C=O) groups excluding carboxylic acids is 1. The van der Waals surface area contributed by atoms with Crippen LogP contribution in [0.2, 0.25) is 0 Å². The van der Waals surface area contributed by atoms with Gasteiger partial charge in [0.25, 0.3) is 0 Å². The molecule has 7 heteroatoms. The summed E-state index contributed by atoms with van der Waals surface area (Å²) in [6, 6.07) is 6.86. The number of carboxylic acids is 1. The van der Waals surface area contributed by atoms with Crippen LogP contribution in [-0.4, -0.2) is 47.6 Å². The number of likely N-dealkylation sites (tertiary alicyclic amines) is 1. The molecule has 0 spiro atoms. The first-order chi connectivity index (χ1) is 11.0. The third-order valence-corrected chi connectivity index (χ3v) is 4.16. The van der Waals surface area contributed by atoms with Gasteiger partial charge < -0.3 is 15.2 Å². The maximum atomic E-state index is 12.4. The first-order valence-electron chi connectivity index (χ1n) is 8.01. The van der Waals surface area contributed by atoms with Crippen LogP contribution < -0.4 is 10.1 Å². The van der Waals surface area contributed by atoms with Crippen LogP contribution >= 0.6 is 12.4 Å². The van der Waals surface area contributed by atoms with Gasteiger partial charge in [-0.2, -0.15) is 0 Å². The lowest BCUT2D eigenvalue weighted by atomic mass is 9.97. The topological polar surface area (TPSA) is 78.9 Å². The fourth-order valence-electron chi connectivity index (χ4n) is 2.77. The van der Waals surface area contributed by atoms with Crippen molar-refractivity contribution in [3.8, 4) is 5.75 Å². The van der Waals surface area contributed by atoms with Crippen molar-refractivity contribution in [1.82, 2.24) is 4.90 Å². The van der Waals surface area contributed by atoms with E-state index in [-0.39, 0.29) is 30.3 Å². The van der Waals surface area contributed by atoms with Crippen LogP contribution in [0.25, 0.3) is 0 Å². The van der Waals surface area contributed by atoms with Gasteiger partial charge in [0.15, 0.2) is 0 Å². The average Bonchev–Trinajstić information content (AvgIpc) is 2.56. The molecule has 2 unspecified atom stereocenters. The summed E-state index contributed by atoms with van der Waals surface area (Å²) in [4.78, 5) is 25.4. The van der Waals surface area contributed by atoms with Gasteiger partial charge in [-0.05, 0) is 57.5 Å². The maximum Gasteiger partial charge on any atom is 0.307 e. The zero-order chi connectivity index (χ0) is 16.8.